The minimum absolute atomic E-state index is 0.701. The van der Waals surface area contributed by atoms with Crippen molar-refractivity contribution in [2.45, 2.75) is 85.2 Å². The Hall–Kier alpha value is -0.0800. The second-order valence-corrected chi connectivity index (χ2v) is 7.95. The van der Waals surface area contributed by atoms with Crippen molar-refractivity contribution in [3.8, 4) is 0 Å². The second-order valence-electron chi connectivity index (χ2n) is 7.95. The van der Waals surface area contributed by atoms with Crippen LogP contribution in [0.2, 0.25) is 0 Å². The summed E-state index contributed by atoms with van der Waals surface area (Å²) in [6.45, 7) is 14.3. The van der Waals surface area contributed by atoms with Gasteiger partial charge in [-0.3, -0.25) is 4.90 Å². The van der Waals surface area contributed by atoms with Crippen LogP contribution in [0.1, 0.15) is 73.1 Å². The van der Waals surface area contributed by atoms with Gasteiger partial charge in [0.2, 0.25) is 0 Å². The van der Waals surface area contributed by atoms with E-state index in [0.717, 1.165) is 23.8 Å². The maximum absolute atomic E-state index is 3.61. The number of nitrogens with zero attached hydrogens (tertiary/aromatic N) is 1. The number of likely N-dealkylation sites (N-methyl/N-ethyl adjacent to an activating group) is 1. The number of hydrogen-bond acceptors (Lipinski definition) is 2. The zero-order valence-corrected chi connectivity index (χ0v) is 15.5. The Morgan fingerprint density at radius 2 is 1.57 bits per heavy atom. The SMILES string of the molecule is CCC1CCC(NC)C(N(CCC(C)C)CCC(C)C)C1. The molecule has 0 heterocycles. The van der Waals surface area contributed by atoms with Gasteiger partial charge in [0.1, 0.15) is 0 Å². The lowest BCUT2D eigenvalue weighted by Gasteiger charge is -2.43. The first-order valence-corrected chi connectivity index (χ1v) is 9.39. The maximum atomic E-state index is 3.61. The zero-order chi connectivity index (χ0) is 15.8. The molecule has 1 fully saturated rings. The molecular weight excluding hydrogens is 256 g/mol. The van der Waals surface area contributed by atoms with Gasteiger partial charge in [0.25, 0.3) is 0 Å². The third-order valence-electron chi connectivity index (χ3n) is 5.33. The van der Waals surface area contributed by atoms with Crippen LogP contribution in [0, 0.1) is 17.8 Å². The Morgan fingerprint density at radius 3 is 2.00 bits per heavy atom. The predicted octanol–water partition coefficient (Wildman–Crippen LogP) is 4.55. The average molecular weight is 297 g/mol. The van der Waals surface area contributed by atoms with E-state index in [1.54, 1.807) is 0 Å². The van der Waals surface area contributed by atoms with Crippen LogP contribution in [0.4, 0.5) is 0 Å². The van der Waals surface area contributed by atoms with Gasteiger partial charge in [0.15, 0.2) is 0 Å². The number of hydrogen-bond donors (Lipinski definition) is 1. The van der Waals surface area contributed by atoms with Crippen LogP contribution in [0.3, 0.4) is 0 Å². The molecule has 1 aliphatic carbocycles. The second kappa shape index (κ2) is 9.84. The molecule has 0 saturated heterocycles. The van der Waals surface area contributed by atoms with Gasteiger partial charge in [-0.1, -0.05) is 41.0 Å². The van der Waals surface area contributed by atoms with Gasteiger partial charge in [-0.05, 0) is 70.0 Å². The number of rotatable bonds is 9. The topological polar surface area (TPSA) is 15.3 Å². The number of nitrogens with one attached hydrogen (secondary N) is 1. The van der Waals surface area contributed by atoms with Crippen molar-refractivity contribution in [1.29, 1.82) is 0 Å². The van der Waals surface area contributed by atoms with Crippen molar-refractivity contribution >= 4 is 0 Å². The molecule has 3 atom stereocenters. The minimum atomic E-state index is 0.701. The van der Waals surface area contributed by atoms with Crippen molar-refractivity contribution in [1.82, 2.24) is 10.2 Å². The normalized spacial score (nSPS) is 27.0. The van der Waals surface area contributed by atoms with Crippen molar-refractivity contribution in [3.05, 3.63) is 0 Å². The van der Waals surface area contributed by atoms with E-state index in [9.17, 15) is 0 Å². The summed E-state index contributed by atoms with van der Waals surface area (Å²) < 4.78 is 0. The van der Waals surface area contributed by atoms with Crippen molar-refractivity contribution in [2.75, 3.05) is 20.1 Å². The largest absolute Gasteiger partial charge is 0.315 e. The molecule has 0 amide bonds. The summed E-state index contributed by atoms with van der Waals surface area (Å²) in [5, 5.41) is 3.61. The third-order valence-corrected chi connectivity index (χ3v) is 5.33. The van der Waals surface area contributed by atoms with Gasteiger partial charge >= 0.3 is 0 Å². The fraction of sp³-hybridized carbons (Fsp3) is 1.00. The van der Waals surface area contributed by atoms with E-state index in [1.807, 2.05) is 0 Å². The molecular formula is C19H40N2. The van der Waals surface area contributed by atoms with Crippen molar-refractivity contribution in [2.24, 2.45) is 17.8 Å². The summed E-state index contributed by atoms with van der Waals surface area (Å²) >= 11 is 0. The summed E-state index contributed by atoms with van der Waals surface area (Å²) in [6, 6.07) is 1.46. The highest BCUT2D eigenvalue weighted by Gasteiger charge is 2.32. The van der Waals surface area contributed by atoms with Gasteiger partial charge in [-0.2, -0.15) is 0 Å². The first kappa shape index (κ1) is 19.0. The summed E-state index contributed by atoms with van der Waals surface area (Å²) in [7, 11) is 2.16. The molecule has 2 heteroatoms. The Bertz CT molecular complexity index is 250. The zero-order valence-electron chi connectivity index (χ0n) is 15.5. The molecule has 0 aliphatic heterocycles. The molecule has 1 rings (SSSR count). The molecule has 0 spiro atoms. The van der Waals surface area contributed by atoms with Crippen LogP contribution in [-0.4, -0.2) is 37.1 Å². The molecule has 3 unspecified atom stereocenters. The van der Waals surface area contributed by atoms with Crippen LogP contribution in [-0.2, 0) is 0 Å². The Labute approximate surface area is 134 Å². The van der Waals surface area contributed by atoms with Crippen molar-refractivity contribution < 1.29 is 0 Å². The summed E-state index contributed by atoms with van der Waals surface area (Å²) in [4.78, 5) is 2.82. The van der Waals surface area contributed by atoms with Gasteiger partial charge in [-0.25, -0.2) is 0 Å². The highest BCUT2D eigenvalue weighted by atomic mass is 15.2. The lowest BCUT2D eigenvalue weighted by molar-refractivity contribution is 0.0895. The molecule has 1 saturated carbocycles. The summed E-state index contributed by atoms with van der Waals surface area (Å²) in [6.07, 6.45) is 8.21. The standard InChI is InChI=1S/C19H40N2/c1-7-17-8-9-18(20-6)19(14-17)21(12-10-15(2)3)13-11-16(4)5/h15-20H,7-14H2,1-6H3. The van der Waals surface area contributed by atoms with E-state index in [2.05, 4.69) is 51.9 Å². The highest BCUT2D eigenvalue weighted by molar-refractivity contribution is 4.90. The molecule has 1 N–H and O–H groups in total. The average Bonchev–Trinajstić information content (AvgIpc) is 2.46. The smallest absolute Gasteiger partial charge is 0.0251 e. The molecule has 0 aromatic heterocycles. The van der Waals surface area contributed by atoms with E-state index < -0.39 is 0 Å². The quantitative estimate of drug-likeness (QED) is 0.671. The van der Waals surface area contributed by atoms with Crippen molar-refractivity contribution in [3.63, 3.8) is 0 Å². The molecule has 126 valence electrons. The van der Waals surface area contributed by atoms with E-state index >= 15 is 0 Å². The van der Waals surface area contributed by atoms with Gasteiger partial charge in [0, 0.05) is 12.1 Å². The van der Waals surface area contributed by atoms with Gasteiger partial charge in [-0.15, -0.1) is 0 Å². The predicted molar refractivity (Wildman–Crippen MR) is 94.8 cm³/mol. The minimum Gasteiger partial charge on any atom is -0.315 e. The molecule has 1 aliphatic rings. The van der Waals surface area contributed by atoms with Crippen LogP contribution < -0.4 is 5.32 Å². The van der Waals surface area contributed by atoms with Gasteiger partial charge in [0.05, 0.1) is 0 Å². The van der Waals surface area contributed by atoms with E-state index in [1.165, 1.54) is 51.6 Å². The summed E-state index contributed by atoms with van der Waals surface area (Å²) in [5.41, 5.74) is 0. The van der Waals surface area contributed by atoms with Crippen LogP contribution in [0.25, 0.3) is 0 Å². The van der Waals surface area contributed by atoms with E-state index in [0.29, 0.717) is 6.04 Å². The van der Waals surface area contributed by atoms with Gasteiger partial charge < -0.3 is 5.32 Å². The Balaban J connectivity index is 2.70. The first-order chi connectivity index (χ1) is 9.97. The fourth-order valence-corrected chi connectivity index (χ4v) is 3.63. The molecule has 0 aromatic rings. The highest BCUT2D eigenvalue weighted by Crippen LogP contribution is 2.30. The molecule has 0 radical (unpaired) electrons. The lowest BCUT2D eigenvalue weighted by Crippen LogP contribution is -2.53. The molecule has 0 aromatic carbocycles. The summed E-state index contributed by atoms with van der Waals surface area (Å²) in [5.74, 6) is 2.57. The Kier molecular flexibility index (Phi) is 8.89. The van der Waals surface area contributed by atoms with Crippen LogP contribution in [0.5, 0.6) is 0 Å². The molecule has 21 heavy (non-hydrogen) atoms. The lowest BCUT2D eigenvalue weighted by atomic mass is 9.80. The first-order valence-electron chi connectivity index (χ1n) is 9.39. The monoisotopic (exact) mass is 296 g/mol. The maximum Gasteiger partial charge on any atom is 0.0251 e. The molecule has 0 bridgehead atoms. The van der Waals surface area contributed by atoms with E-state index in [4.69, 9.17) is 0 Å². The van der Waals surface area contributed by atoms with Crippen LogP contribution >= 0.6 is 0 Å². The Morgan fingerprint density at radius 1 is 1.00 bits per heavy atom. The fourth-order valence-electron chi connectivity index (χ4n) is 3.63. The molecule has 2 nitrogen and oxygen atoms in total. The van der Waals surface area contributed by atoms with Crippen LogP contribution in [0.15, 0.2) is 0 Å². The van der Waals surface area contributed by atoms with E-state index in [-0.39, 0.29) is 0 Å². The third kappa shape index (κ3) is 6.69.